The molecule has 0 aromatic heterocycles. The van der Waals surface area contributed by atoms with Crippen LogP contribution >= 0.6 is 0 Å². The van der Waals surface area contributed by atoms with Crippen LogP contribution in [0.25, 0.3) is 0 Å². The standard InChI is InChI=1S/C23H21NO.C6H16N2.Pd/c1-19-12-14-22(15-13-19)18-24(17-21-10-6-3-7-11-21)23(25)16-20-8-4-2-5-9-20;1-7(2)5-6-8(3)4;/h2-16,18H,17H2,1H3;5-6H2,1-4H3;/q-2;;+2. The first-order valence-corrected chi connectivity index (χ1v) is 11.3. The van der Waals surface area contributed by atoms with Crippen LogP contribution in [0.3, 0.4) is 0 Å². The molecule has 0 radical (unpaired) electrons. The second-order valence-electron chi connectivity index (χ2n) is 8.65. The molecule has 3 aromatic carbocycles. The Morgan fingerprint density at radius 2 is 1.21 bits per heavy atom. The van der Waals surface area contributed by atoms with E-state index < -0.39 is 0 Å². The average molecular weight is 550 g/mol. The summed E-state index contributed by atoms with van der Waals surface area (Å²) in [4.78, 5) is 18.9. The van der Waals surface area contributed by atoms with Crippen LogP contribution in [0.5, 0.6) is 0 Å². The molecular formula is C29H37N3OPd. The molecule has 0 spiro atoms. The summed E-state index contributed by atoms with van der Waals surface area (Å²) in [7, 11) is 8.35. The van der Waals surface area contributed by atoms with Crippen LogP contribution in [0.15, 0.2) is 84.9 Å². The Morgan fingerprint density at radius 3 is 1.71 bits per heavy atom. The van der Waals surface area contributed by atoms with Gasteiger partial charge in [-0.1, -0.05) is 54.9 Å². The molecule has 4 nitrogen and oxygen atoms in total. The van der Waals surface area contributed by atoms with Crippen molar-refractivity contribution in [2.45, 2.75) is 13.5 Å². The maximum atomic E-state index is 12.8. The third kappa shape index (κ3) is 12.1. The number of benzene rings is 3. The summed E-state index contributed by atoms with van der Waals surface area (Å²) in [6.07, 6.45) is 1.67. The third-order valence-corrected chi connectivity index (χ3v) is 4.95. The smallest absolute Gasteiger partial charge is 0.375 e. The molecule has 0 atom stereocenters. The van der Waals surface area contributed by atoms with Gasteiger partial charge in [0.1, 0.15) is 0 Å². The van der Waals surface area contributed by atoms with Gasteiger partial charge < -0.3 is 14.7 Å². The van der Waals surface area contributed by atoms with E-state index in [0.29, 0.717) is 6.54 Å². The summed E-state index contributed by atoms with van der Waals surface area (Å²) < 4.78 is 0. The van der Waals surface area contributed by atoms with Gasteiger partial charge in [-0.25, -0.2) is 0 Å². The van der Waals surface area contributed by atoms with Crippen LogP contribution < -0.4 is 0 Å². The fraction of sp³-hybridized carbons (Fsp3) is 0.276. The number of hydrogen-bond donors (Lipinski definition) is 0. The van der Waals surface area contributed by atoms with Gasteiger partial charge in [-0.05, 0) is 40.7 Å². The first-order valence-electron chi connectivity index (χ1n) is 11.3. The largest absolute Gasteiger partial charge is 2.00 e. The van der Waals surface area contributed by atoms with Crippen molar-refractivity contribution in [3.63, 3.8) is 0 Å². The first kappa shape index (κ1) is 29.5. The zero-order chi connectivity index (χ0) is 24.1. The molecule has 0 aliphatic heterocycles. The Morgan fingerprint density at radius 1 is 0.706 bits per heavy atom. The minimum Gasteiger partial charge on any atom is -0.375 e. The summed E-state index contributed by atoms with van der Waals surface area (Å²) in [6.45, 7) is 6.80. The molecular weight excluding hydrogens is 513 g/mol. The predicted octanol–water partition coefficient (Wildman–Crippen LogP) is 4.89. The minimum absolute atomic E-state index is 0. The van der Waals surface area contributed by atoms with E-state index in [1.165, 1.54) is 5.56 Å². The summed E-state index contributed by atoms with van der Waals surface area (Å²) >= 11 is 0. The Kier molecular flexibility index (Phi) is 14.0. The summed E-state index contributed by atoms with van der Waals surface area (Å²) in [5, 5.41) is 0. The molecule has 1 amide bonds. The Hall–Kier alpha value is -2.55. The van der Waals surface area contributed by atoms with Crippen molar-refractivity contribution in [2.75, 3.05) is 41.3 Å². The van der Waals surface area contributed by atoms with Crippen LogP contribution in [0.1, 0.15) is 22.3 Å². The van der Waals surface area contributed by atoms with Crippen LogP contribution in [-0.4, -0.2) is 61.9 Å². The minimum atomic E-state index is -0.0318. The molecule has 5 heteroatoms. The molecule has 0 saturated heterocycles. The number of aryl methyl sites for hydroxylation is 1. The second kappa shape index (κ2) is 16.1. The quantitative estimate of drug-likeness (QED) is 0.281. The molecule has 0 aliphatic carbocycles. The second-order valence-corrected chi connectivity index (χ2v) is 8.65. The van der Waals surface area contributed by atoms with E-state index in [-0.39, 0.29) is 26.3 Å². The van der Waals surface area contributed by atoms with Gasteiger partial charge in [0.2, 0.25) is 0 Å². The van der Waals surface area contributed by atoms with Crippen molar-refractivity contribution in [2.24, 2.45) is 0 Å². The molecule has 184 valence electrons. The SMILES string of the molecule is CN(C)CCN(C)C.Cc1ccc([CH-]N(Cc2ccccc2)C(=O)[CH-]c2ccccc2)cc1.[Pd+2]. The fourth-order valence-corrected chi connectivity index (χ4v) is 2.97. The van der Waals surface area contributed by atoms with E-state index in [1.54, 1.807) is 11.3 Å². The van der Waals surface area contributed by atoms with Crippen molar-refractivity contribution in [3.8, 4) is 0 Å². The van der Waals surface area contributed by atoms with Gasteiger partial charge in [-0.15, -0.1) is 24.3 Å². The van der Waals surface area contributed by atoms with Gasteiger partial charge in [0.05, 0.1) is 0 Å². The van der Waals surface area contributed by atoms with Crippen LogP contribution in [0.4, 0.5) is 0 Å². The molecule has 0 saturated carbocycles. The maximum Gasteiger partial charge on any atom is 2.00 e. The molecule has 0 heterocycles. The summed E-state index contributed by atoms with van der Waals surface area (Å²) in [5.41, 5.74) is 4.22. The Labute approximate surface area is 220 Å². The molecule has 0 unspecified atom stereocenters. The molecule has 3 aromatic rings. The zero-order valence-electron chi connectivity index (χ0n) is 20.9. The van der Waals surface area contributed by atoms with E-state index in [1.807, 2.05) is 79.3 Å². The van der Waals surface area contributed by atoms with Crippen molar-refractivity contribution in [1.29, 1.82) is 0 Å². The van der Waals surface area contributed by atoms with Crippen molar-refractivity contribution in [3.05, 3.63) is 120 Å². The van der Waals surface area contributed by atoms with Gasteiger partial charge in [-0.2, -0.15) is 35.4 Å². The van der Waals surface area contributed by atoms with Gasteiger partial charge in [0, 0.05) is 19.6 Å². The maximum absolute atomic E-state index is 12.8. The van der Waals surface area contributed by atoms with E-state index in [0.717, 1.165) is 29.8 Å². The molecule has 0 aliphatic rings. The van der Waals surface area contributed by atoms with Crippen LogP contribution in [-0.2, 0) is 31.8 Å². The zero-order valence-corrected chi connectivity index (χ0v) is 22.5. The van der Waals surface area contributed by atoms with E-state index in [2.05, 4.69) is 57.0 Å². The Bertz CT molecular complexity index is 921. The Balaban J connectivity index is 0.000000556. The number of likely N-dealkylation sites (N-methyl/N-ethyl adjacent to an activating group) is 2. The van der Waals surface area contributed by atoms with Crippen LogP contribution in [0.2, 0.25) is 0 Å². The van der Waals surface area contributed by atoms with Crippen molar-refractivity contribution >= 4 is 5.91 Å². The number of hydrogen-bond acceptors (Lipinski definition) is 3. The van der Waals surface area contributed by atoms with Gasteiger partial charge in [0.25, 0.3) is 0 Å². The molecule has 3 rings (SSSR count). The molecule has 0 fully saturated rings. The topological polar surface area (TPSA) is 26.8 Å². The van der Waals surface area contributed by atoms with E-state index in [4.69, 9.17) is 0 Å². The van der Waals surface area contributed by atoms with Crippen molar-refractivity contribution in [1.82, 2.24) is 14.7 Å². The average Bonchev–Trinajstić information content (AvgIpc) is 2.80. The number of amides is 1. The predicted molar refractivity (Wildman–Crippen MR) is 139 cm³/mol. The normalized spacial score (nSPS) is 10.1. The monoisotopic (exact) mass is 549 g/mol. The molecule has 0 N–H and O–H groups in total. The van der Waals surface area contributed by atoms with Crippen molar-refractivity contribution < 1.29 is 25.2 Å². The van der Waals surface area contributed by atoms with E-state index in [9.17, 15) is 4.79 Å². The number of carbonyl (C=O) groups is 1. The summed E-state index contributed by atoms with van der Waals surface area (Å²) in [6, 6.07) is 27.9. The number of nitrogens with zero attached hydrogens (tertiary/aromatic N) is 3. The molecule has 34 heavy (non-hydrogen) atoms. The third-order valence-electron chi connectivity index (χ3n) is 4.95. The van der Waals surface area contributed by atoms with Gasteiger partial charge in [-0.3, -0.25) is 4.79 Å². The first-order chi connectivity index (χ1) is 15.8. The van der Waals surface area contributed by atoms with Gasteiger partial charge >= 0.3 is 20.4 Å². The summed E-state index contributed by atoms with van der Waals surface area (Å²) in [5.74, 6) is -0.0318. The fourth-order valence-electron chi connectivity index (χ4n) is 2.97. The van der Waals surface area contributed by atoms with E-state index >= 15 is 0 Å². The molecule has 0 bridgehead atoms. The number of carbonyl (C=O) groups excluding carboxylic acids is 1. The van der Waals surface area contributed by atoms with Crippen LogP contribution in [0, 0.1) is 19.9 Å². The number of rotatable bonds is 9. The van der Waals surface area contributed by atoms with Gasteiger partial charge in [0.15, 0.2) is 5.91 Å².